The maximum absolute atomic E-state index is 12.6. The molecule has 0 aromatic rings. The molecule has 0 bridgehead atoms. The Morgan fingerprint density at radius 3 is 1.42 bits per heavy atom. The van der Waals surface area contributed by atoms with Crippen molar-refractivity contribution in [2.75, 3.05) is 6.54 Å². The highest BCUT2D eigenvalue weighted by atomic mass is 16.5. The van der Waals surface area contributed by atoms with Crippen LogP contribution in [0.1, 0.15) is 187 Å². The lowest BCUT2D eigenvalue weighted by atomic mass is 10.0. The van der Waals surface area contributed by atoms with Crippen molar-refractivity contribution in [1.29, 1.82) is 0 Å². The van der Waals surface area contributed by atoms with Gasteiger partial charge in [-0.25, -0.2) is 0 Å². The second-order valence-electron chi connectivity index (χ2n) is 13.5. The van der Waals surface area contributed by atoms with Gasteiger partial charge in [0.15, 0.2) is 0 Å². The molecule has 0 aliphatic rings. The molecule has 0 heterocycles. The summed E-state index contributed by atoms with van der Waals surface area (Å²) in [5, 5.41) is 11.1. The Morgan fingerprint density at radius 1 is 0.540 bits per heavy atom. The maximum atomic E-state index is 12.6. The third-order valence-corrected chi connectivity index (χ3v) is 8.69. The lowest BCUT2D eigenvalue weighted by molar-refractivity contribution is -0.147. The standard InChI is InChI=1S/C44H75NO5/c1-3-5-7-9-11-13-15-17-19-20-21-23-25-27-29-31-33-39-44(49)50-41(37-34-35-38-42(46)45-40-43(47)48)36-32-30-28-26-24-22-18-16-14-12-10-8-6-4-2/h6,8,12,14,18,22,26,28,32,36,41H,3-5,7,9-11,13,15-17,19-21,23-25,27,29-31,33-35,37-40H2,1-2H3,(H,45,46)(H,47,48)/b8-6-,14-12-,22-18-,28-26-,36-32-. The van der Waals surface area contributed by atoms with Gasteiger partial charge in [0.1, 0.15) is 12.6 Å². The number of ether oxygens (including phenoxy) is 1. The number of carboxylic acid groups (broad SMARTS) is 1. The fourth-order valence-corrected chi connectivity index (χ4v) is 5.69. The molecule has 0 rings (SSSR count). The molecule has 0 aliphatic carbocycles. The maximum Gasteiger partial charge on any atom is 0.322 e. The molecule has 50 heavy (non-hydrogen) atoms. The fraction of sp³-hybridized carbons (Fsp3) is 0.705. The molecule has 0 aromatic carbocycles. The topological polar surface area (TPSA) is 92.7 Å². The number of esters is 1. The number of carboxylic acids is 1. The number of nitrogens with one attached hydrogen (secondary N) is 1. The number of carbonyl (C=O) groups is 3. The zero-order valence-corrected chi connectivity index (χ0v) is 32.2. The predicted molar refractivity (Wildman–Crippen MR) is 212 cm³/mol. The van der Waals surface area contributed by atoms with E-state index in [1.54, 1.807) is 0 Å². The summed E-state index contributed by atoms with van der Waals surface area (Å²) >= 11 is 0. The van der Waals surface area contributed by atoms with Gasteiger partial charge in [0.2, 0.25) is 5.91 Å². The second kappa shape index (κ2) is 38.9. The molecule has 1 amide bonds. The zero-order valence-electron chi connectivity index (χ0n) is 32.2. The number of carbonyl (C=O) groups excluding carboxylic acids is 2. The molecule has 0 radical (unpaired) electrons. The molecule has 0 aliphatic heterocycles. The Balaban J connectivity index is 4.25. The van der Waals surface area contributed by atoms with Crippen LogP contribution < -0.4 is 5.32 Å². The number of unbranched alkanes of at least 4 members (excludes halogenated alkanes) is 17. The molecular formula is C44H75NO5. The first-order valence-electron chi connectivity index (χ1n) is 20.4. The van der Waals surface area contributed by atoms with E-state index >= 15 is 0 Å². The summed E-state index contributed by atoms with van der Waals surface area (Å²) in [7, 11) is 0. The van der Waals surface area contributed by atoms with Gasteiger partial charge in [-0.2, -0.15) is 0 Å². The predicted octanol–water partition coefficient (Wildman–Crippen LogP) is 12.5. The molecule has 286 valence electrons. The van der Waals surface area contributed by atoms with Crippen LogP contribution in [0.15, 0.2) is 60.8 Å². The molecule has 0 spiro atoms. The van der Waals surface area contributed by atoms with E-state index in [0.29, 0.717) is 25.7 Å². The molecule has 0 aromatic heterocycles. The molecule has 0 fully saturated rings. The normalized spacial score (nSPS) is 12.7. The molecule has 1 atom stereocenters. The number of hydrogen-bond donors (Lipinski definition) is 2. The summed E-state index contributed by atoms with van der Waals surface area (Å²) in [6.45, 7) is 4.05. The van der Waals surface area contributed by atoms with Gasteiger partial charge in [0, 0.05) is 12.8 Å². The van der Waals surface area contributed by atoms with Crippen molar-refractivity contribution in [1.82, 2.24) is 5.32 Å². The molecular weight excluding hydrogens is 622 g/mol. The van der Waals surface area contributed by atoms with E-state index in [4.69, 9.17) is 9.84 Å². The first-order valence-corrected chi connectivity index (χ1v) is 20.4. The van der Waals surface area contributed by atoms with Crippen molar-refractivity contribution < 1.29 is 24.2 Å². The largest absolute Gasteiger partial charge is 0.480 e. The van der Waals surface area contributed by atoms with Gasteiger partial charge in [-0.3, -0.25) is 14.4 Å². The molecule has 6 nitrogen and oxygen atoms in total. The van der Waals surface area contributed by atoms with Crippen molar-refractivity contribution in [3.05, 3.63) is 60.8 Å². The average molecular weight is 698 g/mol. The van der Waals surface area contributed by atoms with Crippen molar-refractivity contribution in [2.45, 2.75) is 193 Å². The Morgan fingerprint density at radius 2 is 0.960 bits per heavy atom. The third-order valence-electron chi connectivity index (χ3n) is 8.69. The van der Waals surface area contributed by atoms with Crippen LogP contribution in [0, 0.1) is 0 Å². The fourth-order valence-electron chi connectivity index (χ4n) is 5.69. The van der Waals surface area contributed by atoms with E-state index in [-0.39, 0.29) is 30.9 Å². The Labute approximate surface area is 307 Å². The van der Waals surface area contributed by atoms with E-state index in [0.717, 1.165) is 44.9 Å². The summed E-state index contributed by atoms with van der Waals surface area (Å²) in [6, 6.07) is 0. The Kier molecular flexibility index (Phi) is 36.7. The highest BCUT2D eigenvalue weighted by Gasteiger charge is 2.12. The summed E-state index contributed by atoms with van der Waals surface area (Å²) in [5.74, 6) is -1.48. The van der Waals surface area contributed by atoms with Crippen LogP contribution >= 0.6 is 0 Å². The number of rotatable bonds is 36. The van der Waals surface area contributed by atoms with Crippen LogP contribution in [0.4, 0.5) is 0 Å². The second-order valence-corrected chi connectivity index (χ2v) is 13.5. The average Bonchev–Trinajstić information content (AvgIpc) is 3.10. The van der Waals surface area contributed by atoms with E-state index in [1.807, 2.05) is 12.2 Å². The minimum atomic E-state index is -1.05. The van der Waals surface area contributed by atoms with Gasteiger partial charge in [0.05, 0.1) is 0 Å². The third kappa shape index (κ3) is 37.9. The van der Waals surface area contributed by atoms with E-state index in [2.05, 4.69) is 67.8 Å². The number of amides is 1. The minimum Gasteiger partial charge on any atom is -0.480 e. The summed E-state index contributed by atoms with van der Waals surface area (Å²) in [5.41, 5.74) is 0. The van der Waals surface area contributed by atoms with Crippen molar-refractivity contribution in [3.63, 3.8) is 0 Å². The molecule has 2 N–H and O–H groups in total. The molecule has 0 saturated carbocycles. The van der Waals surface area contributed by atoms with Crippen molar-refractivity contribution in [2.24, 2.45) is 0 Å². The lowest BCUT2D eigenvalue weighted by Gasteiger charge is -2.14. The Bertz CT molecular complexity index is 948. The van der Waals surface area contributed by atoms with Crippen LogP contribution in [-0.2, 0) is 19.1 Å². The summed E-state index contributed by atoms with van der Waals surface area (Å²) in [4.78, 5) is 35.1. The van der Waals surface area contributed by atoms with Gasteiger partial charge in [-0.15, -0.1) is 0 Å². The lowest BCUT2D eigenvalue weighted by Crippen LogP contribution is -2.28. The number of allylic oxidation sites excluding steroid dienone is 9. The smallest absolute Gasteiger partial charge is 0.322 e. The van der Waals surface area contributed by atoms with Crippen molar-refractivity contribution >= 4 is 17.8 Å². The van der Waals surface area contributed by atoms with Crippen LogP contribution in [0.5, 0.6) is 0 Å². The van der Waals surface area contributed by atoms with Crippen LogP contribution in [0.2, 0.25) is 0 Å². The number of aliphatic carboxylic acids is 1. The van der Waals surface area contributed by atoms with E-state index in [9.17, 15) is 14.4 Å². The first kappa shape index (κ1) is 47.1. The SMILES string of the molecule is CC/C=C\C/C=C\C/C=C\C/C=C\C/C=C\C(CCCCC(=O)NCC(=O)O)OC(=O)CCCCCCCCCCCCCCCCCCC. The first-order chi connectivity index (χ1) is 24.5. The van der Waals surface area contributed by atoms with Gasteiger partial charge in [0.25, 0.3) is 0 Å². The van der Waals surface area contributed by atoms with Crippen LogP contribution in [-0.4, -0.2) is 35.6 Å². The van der Waals surface area contributed by atoms with Gasteiger partial charge in [-0.1, -0.05) is 171 Å². The van der Waals surface area contributed by atoms with Gasteiger partial charge >= 0.3 is 11.9 Å². The van der Waals surface area contributed by atoms with E-state index in [1.165, 1.54) is 96.3 Å². The highest BCUT2D eigenvalue weighted by Crippen LogP contribution is 2.16. The van der Waals surface area contributed by atoms with Gasteiger partial charge in [-0.05, 0) is 63.9 Å². The van der Waals surface area contributed by atoms with Crippen LogP contribution in [0.3, 0.4) is 0 Å². The highest BCUT2D eigenvalue weighted by molar-refractivity contribution is 5.80. The van der Waals surface area contributed by atoms with Crippen LogP contribution in [0.25, 0.3) is 0 Å². The monoisotopic (exact) mass is 698 g/mol. The van der Waals surface area contributed by atoms with E-state index < -0.39 is 5.97 Å². The number of hydrogen-bond acceptors (Lipinski definition) is 4. The Hall–Kier alpha value is -2.89. The zero-order chi connectivity index (χ0) is 36.6. The molecule has 1 unspecified atom stereocenters. The summed E-state index contributed by atoms with van der Waals surface area (Å²) < 4.78 is 5.83. The summed E-state index contributed by atoms with van der Waals surface area (Å²) in [6.07, 6.45) is 50.7. The molecule has 6 heteroatoms. The van der Waals surface area contributed by atoms with Gasteiger partial charge < -0.3 is 15.2 Å². The quantitative estimate of drug-likeness (QED) is 0.0386. The van der Waals surface area contributed by atoms with Crippen molar-refractivity contribution in [3.8, 4) is 0 Å². The molecule has 0 saturated heterocycles. The minimum absolute atomic E-state index is 0.157.